The van der Waals surface area contributed by atoms with Crippen molar-refractivity contribution in [2.45, 2.75) is 31.9 Å². The summed E-state index contributed by atoms with van der Waals surface area (Å²) in [4.78, 5) is 18.2. The van der Waals surface area contributed by atoms with E-state index in [1.807, 2.05) is 0 Å². The van der Waals surface area contributed by atoms with Gasteiger partial charge in [0, 0.05) is 66.9 Å². The lowest BCUT2D eigenvalue weighted by atomic mass is 9.95. The molecule has 0 unspecified atom stereocenters. The van der Waals surface area contributed by atoms with Gasteiger partial charge in [-0.1, -0.05) is 6.07 Å². The van der Waals surface area contributed by atoms with Crippen LogP contribution in [0.1, 0.15) is 29.5 Å². The Hall–Kier alpha value is -3.79. The number of fused-ring (bicyclic) bond motifs is 1. The summed E-state index contributed by atoms with van der Waals surface area (Å²) in [5.74, 6) is 1.45. The van der Waals surface area contributed by atoms with Gasteiger partial charge in [0.2, 0.25) is 5.95 Å². The molecule has 2 aliphatic rings. The van der Waals surface area contributed by atoms with Crippen molar-refractivity contribution in [3.63, 3.8) is 0 Å². The van der Waals surface area contributed by atoms with Gasteiger partial charge < -0.3 is 25.2 Å². The highest BCUT2D eigenvalue weighted by Gasteiger charge is 2.25. The first kappa shape index (κ1) is 27.8. The van der Waals surface area contributed by atoms with E-state index in [0.717, 1.165) is 51.1 Å². The van der Waals surface area contributed by atoms with E-state index in [1.165, 1.54) is 23.0 Å². The Bertz CT molecular complexity index is 1550. The number of nitrogens with zero attached hydrogens (tertiary/aromatic N) is 7. The fourth-order valence-corrected chi connectivity index (χ4v) is 5.70. The molecule has 12 heteroatoms. The fraction of sp³-hybridized carbons (Fsp3) is 0.429. The third-order valence-electron chi connectivity index (χ3n) is 7.08. The summed E-state index contributed by atoms with van der Waals surface area (Å²) >= 11 is 0. The van der Waals surface area contributed by atoms with Crippen LogP contribution in [0.15, 0.2) is 40.9 Å². The molecule has 210 valence electrons. The Morgan fingerprint density at radius 3 is 2.67 bits per heavy atom. The molecule has 0 radical (unpaired) electrons. The third-order valence-corrected chi connectivity index (χ3v) is 7.70. The summed E-state index contributed by atoms with van der Waals surface area (Å²) in [6, 6.07) is 11.7. The van der Waals surface area contributed by atoms with Crippen molar-refractivity contribution < 1.29 is 8.95 Å². The lowest BCUT2D eigenvalue weighted by Gasteiger charge is -2.37. The van der Waals surface area contributed by atoms with E-state index in [4.69, 9.17) is 4.74 Å². The first-order valence-electron chi connectivity index (χ1n) is 13.3. The number of rotatable bonds is 7. The fourth-order valence-electron chi connectivity index (χ4n) is 5.14. The lowest BCUT2D eigenvalue weighted by molar-refractivity contribution is 0.0819. The molecule has 5 rings (SSSR count). The van der Waals surface area contributed by atoms with Gasteiger partial charge in [-0.05, 0) is 61.7 Å². The predicted octanol–water partition coefficient (Wildman–Crippen LogP) is 4.19. The van der Waals surface area contributed by atoms with Gasteiger partial charge in [0.25, 0.3) is 0 Å². The molecule has 2 aliphatic heterocycles. The third kappa shape index (κ3) is 6.67. The Kier molecular flexibility index (Phi) is 8.16. The van der Waals surface area contributed by atoms with Crippen molar-refractivity contribution in [2.24, 2.45) is 4.36 Å². The average molecular weight is 562 g/mol. The SMILES string of the molecule is COC1CCN(c2cc(Nc3ncc(C#N)c(Nc4cccc(N=S(C)(C)=O)n4)n3)cc3c2CCN(C)C3)CC1. The maximum atomic E-state index is 12.1. The first-order chi connectivity index (χ1) is 19.2. The molecule has 4 heterocycles. The number of nitrogens with one attached hydrogen (secondary N) is 2. The highest BCUT2D eigenvalue weighted by Crippen LogP contribution is 2.35. The number of pyridine rings is 1. The van der Waals surface area contributed by atoms with Gasteiger partial charge in [0.05, 0.1) is 12.3 Å². The quantitative estimate of drug-likeness (QED) is 0.433. The van der Waals surface area contributed by atoms with E-state index >= 15 is 0 Å². The van der Waals surface area contributed by atoms with Crippen LogP contribution in [-0.4, -0.2) is 76.5 Å². The number of anilines is 5. The number of hydrogen-bond acceptors (Lipinski definition) is 11. The minimum Gasteiger partial charge on any atom is -0.381 e. The second kappa shape index (κ2) is 11.8. The first-order valence-corrected chi connectivity index (χ1v) is 15.6. The van der Waals surface area contributed by atoms with Crippen LogP contribution in [0.4, 0.5) is 34.8 Å². The van der Waals surface area contributed by atoms with Crippen molar-refractivity contribution in [3.8, 4) is 6.07 Å². The van der Waals surface area contributed by atoms with Crippen LogP contribution >= 0.6 is 0 Å². The molecule has 1 fully saturated rings. The van der Waals surface area contributed by atoms with Gasteiger partial charge >= 0.3 is 0 Å². The highest BCUT2D eigenvalue weighted by molar-refractivity contribution is 7.92. The minimum atomic E-state index is -2.36. The van der Waals surface area contributed by atoms with Crippen LogP contribution in [0, 0.1) is 11.3 Å². The van der Waals surface area contributed by atoms with Crippen molar-refractivity contribution >= 4 is 44.5 Å². The molecule has 0 atom stereocenters. The van der Waals surface area contributed by atoms with Gasteiger partial charge in [-0.25, -0.2) is 14.2 Å². The molecule has 0 amide bonds. The zero-order valence-electron chi connectivity index (χ0n) is 23.3. The van der Waals surface area contributed by atoms with Gasteiger partial charge in [0.15, 0.2) is 11.6 Å². The van der Waals surface area contributed by atoms with Crippen molar-refractivity contribution in [1.82, 2.24) is 19.9 Å². The van der Waals surface area contributed by atoms with Crippen LogP contribution in [0.3, 0.4) is 0 Å². The van der Waals surface area contributed by atoms with Gasteiger partial charge in [-0.2, -0.15) is 14.6 Å². The number of nitriles is 1. The van der Waals surface area contributed by atoms with Crippen LogP contribution < -0.4 is 15.5 Å². The van der Waals surface area contributed by atoms with Crippen molar-refractivity contribution in [3.05, 3.63) is 53.2 Å². The monoisotopic (exact) mass is 561 g/mol. The largest absolute Gasteiger partial charge is 0.381 e. The molecule has 3 aromatic rings. The van der Waals surface area contributed by atoms with Crippen LogP contribution in [0.5, 0.6) is 0 Å². The standard InChI is InChI=1S/C28H35N9O2S/c1-36-11-10-23-19(18-36)14-21(15-24(23)37-12-8-22(39-2)9-13-37)31-28-30-17-20(16-29)27(34-28)33-25-6-5-7-26(32-25)35-40(3,4)38/h5-7,14-15,17,22H,8-13,18H2,1-4H3,(H2,30,31,32,33,34). The maximum absolute atomic E-state index is 12.1. The van der Waals surface area contributed by atoms with Crippen molar-refractivity contribution in [1.29, 1.82) is 5.26 Å². The number of piperidine rings is 1. The minimum absolute atomic E-state index is 0.276. The van der Waals surface area contributed by atoms with E-state index in [9.17, 15) is 9.47 Å². The van der Waals surface area contributed by atoms with Crippen LogP contribution in [-0.2, 0) is 27.4 Å². The van der Waals surface area contributed by atoms with Gasteiger partial charge in [-0.15, -0.1) is 0 Å². The smallest absolute Gasteiger partial charge is 0.229 e. The Balaban J connectivity index is 1.44. The van der Waals surface area contributed by atoms with Crippen molar-refractivity contribution in [2.75, 3.05) is 61.8 Å². The molecule has 40 heavy (non-hydrogen) atoms. The van der Waals surface area contributed by atoms with Gasteiger partial charge in [0.1, 0.15) is 17.5 Å². The summed E-state index contributed by atoms with van der Waals surface area (Å²) in [6.45, 7) is 3.82. The number of ether oxygens (including phenoxy) is 1. The molecule has 1 aromatic carbocycles. The zero-order chi connectivity index (χ0) is 28.3. The molecular weight excluding hydrogens is 526 g/mol. The number of aromatic nitrogens is 3. The average Bonchev–Trinajstić information content (AvgIpc) is 2.92. The van der Waals surface area contributed by atoms with Gasteiger partial charge in [-0.3, -0.25) is 0 Å². The number of hydrogen-bond donors (Lipinski definition) is 2. The van der Waals surface area contributed by atoms with E-state index in [1.54, 1.807) is 37.8 Å². The molecule has 0 aliphatic carbocycles. The normalized spacial score (nSPS) is 16.2. The molecule has 2 N–H and O–H groups in total. The summed E-state index contributed by atoms with van der Waals surface area (Å²) in [5, 5.41) is 16.1. The molecule has 1 saturated heterocycles. The second-order valence-corrected chi connectivity index (χ2v) is 13.1. The van der Waals surface area contributed by atoms with E-state index in [0.29, 0.717) is 29.5 Å². The predicted molar refractivity (Wildman–Crippen MR) is 158 cm³/mol. The topological polar surface area (TPSA) is 132 Å². The number of likely N-dealkylation sites (N-methyl/N-ethyl adjacent to an activating group) is 1. The summed E-state index contributed by atoms with van der Waals surface area (Å²) in [7, 11) is 1.57. The van der Waals surface area contributed by atoms with Crippen LogP contribution in [0.25, 0.3) is 0 Å². The highest BCUT2D eigenvalue weighted by atomic mass is 32.2. The molecule has 0 bridgehead atoms. The molecule has 11 nitrogen and oxygen atoms in total. The lowest BCUT2D eigenvalue weighted by Crippen LogP contribution is -2.38. The zero-order valence-corrected chi connectivity index (χ0v) is 24.2. The Labute approximate surface area is 235 Å². The summed E-state index contributed by atoms with van der Waals surface area (Å²) in [6.07, 6.45) is 7.93. The van der Waals surface area contributed by atoms with E-state index in [2.05, 4.69) is 65.0 Å². The molecule has 2 aromatic heterocycles. The Morgan fingerprint density at radius 1 is 1.15 bits per heavy atom. The second-order valence-electron chi connectivity index (χ2n) is 10.5. The number of benzene rings is 1. The molecular formula is C28H35N9O2S. The van der Waals surface area contributed by atoms with E-state index in [-0.39, 0.29) is 5.56 Å². The molecule has 0 spiro atoms. The summed E-state index contributed by atoms with van der Waals surface area (Å²) in [5.41, 5.74) is 5.12. The van der Waals surface area contributed by atoms with E-state index < -0.39 is 9.73 Å². The van der Waals surface area contributed by atoms with Crippen LogP contribution in [0.2, 0.25) is 0 Å². The Morgan fingerprint density at radius 2 is 1.95 bits per heavy atom. The summed E-state index contributed by atoms with van der Waals surface area (Å²) < 4.78 is 21.8. The maximum Gasteiger partial charge on any atom is 0.229 e. The molecule has 0 saturated carbocycles. The number of methoxy groups -OCH3 is 1.